The van der Waals surface area contributed by atoms with Gasteiger partial charge in [0, 0.05) is 19.8 Å². The topological polar surface area (TPSA) is 61.0 Å². The summed E-state index contributed by atoms with van der Waals surface area (Å²) in [5.74, 6) is -0.0152. The summed E-state index contributed by atoms with van der Waals surface area (Å²) in [4.78, 5) is 13.3. The fourth-order valence-corrected chi connectivity index (χ4v) is 1.18. The number of aromatic amines is 1. The van der Waals surface area contributed by atoms with Gasteiger partial charge in [0.2, 0.25) is 0 Å². The molecule has 1 rings (SSSR count). The summed E-state index contributed by atoms with van der Waals surface area (Å²) in [6, 6.07) is 1.68. The number of rotatable bonds is 5. The van der Waals surface area contributed by atoms with Crippen LogP contribution >= 0.6 is 0 Å². The monoisotopic (exact) mass is 196 g/mol. The van der Waals surface area contributed by atoms with Gasteiger partial charge in [-0.1, -0.05) is 0 Å². The van der Waals surface area contributed by atoms with Gasteiger partial charge in [0.15, 0.2) is 0 Å². The summed E-state index contributed by atoms with van der Waals surface area (Å²) in [5.41, 5.74) is 0.539. The molecule has 5 heteroatoms. The minimum atomic E-state index is -0.0152. The third kappa shape index (κ3) is 2.85. The zero-order valence-corrected chi connectivity index (χ0v) is 8.58. The van der Waals surface area contributed by atoms with Crippen LogP contribution in [0.5, 0.6) is 0 Å². The average molecular weight is 196 g/mol. The molecule has 0 aliphatic carbocycles. The van der Waals surface area contributed by atoms with Gasteiger partial charge in [0.1, 0.15) is 5.69 Å². The summed E-state index contributed by atoms with van der Waals surface area (Å²) in [5, 5.41) is 9.43. The number of hydrogen-bond acceptors (Lipinski definition) is 3. The molecule has 0 saturated carbocycles. The van der Waals surface area contributed by atoms with Crippen LogP contribution in [-0.2, 0) is 0 Å². The van der Waals surface area contributed by atoms with Crippen molar-refractivity contribution >= 4 is 5.91 Å². The van der Waals surface area contributed by atoms with E-state index < -0.39 is 0 Å². The van der Waals surface area contributed by atoms with E-state index in [1.54, 1.807) is 24.2 Å². The Morgan fingerprint density at radius 3 is 3.07 bits per heavy atom. The fraction of sp³-hybridized carbons (Fsp3) is 0.556. The Hall–Kier alpha value is -1.36. The van der Waals surface area contributed by atoms with E-state index in [4.69, 9.17) is 0 Å². The second kappa shape index (κ2) is 5.39. The zero-order chi connectivity index (χ0) is 10.4. The van der Waals surface area contributed by atoms with Crippen LogP contribution < -0.4 is 5.32 Å². The van der Waals surface area contributed by atoms with E-state index in [1.165, 1.54) is 0 Å². The van der Waals surface area contributed by atoms with Crippen LogP contribution in [0.15, 0.2) is 12.3 Å². The SMILES string of the molecule is CNCCCN(C)C(=O)c1ccn[nH]1. The van der Waals surface area contributed by atoms with E-state index in [-0.39, 0.29) is 5.91 Å². The molecule has 1 aromatic heterocycles. The number of carbonyl (C=O) groups excluding carboxylic acids is 1. The maximum atomic E-state index is 11.6. The summed E-state index contributed by atoms with van der Waals surface area (Å²) in [6.45, 7) is 1.67. The fourth-order valence-electron chi connectivity index (χ4n) is 1.18. The van der Waals surface area contributed by atoms with E-state index >= 15 is 0 Å². The first-order valence-electron chi connectivity index (χ1n) is 4.65. The molecule has 1 amide bonds. The van der Waals surface area contributed by atoms with Crippen LogP contribution in [0.4, 0.5) is 0 Å². The van der Waals surface area contributed by atoms with Crippen molar-refractivity contribution in [3.63, 3.8) is 0 Å². The minimum Gasteiger partial charge on any atom is -0.340 e. The van der Waals surface area contributed by atoms with Gasteiger partial charge in [-0.2, -0.15) is 5.10 Å². The molecule has 1 heterocycles. The normalized spacial score (nSPS) is 10.1. The number of aromatic nitrogens is 2. The van der Waals surface area contributed by atoms with Crippen molar-refractivity contribution in [3.05, 3.63) is 18.0 Å². The van der Waals surface area contributed by atoms with Crippen LogP contribution in [0.3, 0.4) is 0 Å². The number of H-pyrrole nitrogens is 1. The van der Waals surface area contributed by atoms with Crippen LogP contribution in [0.1, 0.15) is 16.9 Å². The second-order valence-corrected chi connectivity index (χ2v) is 3.15. The van der Waals surface area contributed by atoms with Crippen LogP contribution in [0.2, 0.25) is 0 Å². The van der Waals surface area contributed by atoms with E-state index in [0.29, 0.717) is 5.69 Å². The van der Waals surface area contributed by atoms with Crippen LogP contribution in [0, 0.1) is 0 Å². The zero-order valence-electron chi connectivity index (χ0n) is 8.58. The largest absolute Gasteiger partial charge is 0.340 e. The minimum absolute atomic E-state index is 0.0152. The molecule has 0 bridgehead atoms. The van der Waals surface area contributed by atoms with Gasteiger partial charge in [-0.3, -0.25) is 9.89 Å². The lowest BCUT2D eigenvalue weighted by molar-refractivity contribution is 0.0788. The molecule has 0 aromatic carbocycles. The molecule has 78 valence electrons. The van der Waals surface area contributed by atoms with Gasteiger partial charge >= 0.3 is 0 Å². The van der Waals surface area contributed by atoms with E-state index in [2.05, 4.69) is 15.5 Å². The molecule has 0 fully saturated rings. The van der Waals surface area contributed by atoms with Gasteiger partial charge in [-0.25, -0.2) is 0 Å². The molecule has 0 atom stereocenters. The Kier molecular flexibility index (Phi) is 4.12. The molecule has 0 spiro atoms. The molecular weight excluding hydrogens is 180 g/mol. The quantitative estimate of drug-likeness (QED) is 0.656. The number of amides is 1. The molecular formula is C9H16N4O. The standard InChI is InChI=1S/C9H16N4O/c1-10-5-3-7-13(2)9(14)8-4-6-11-12-8/h4,6,10H,3,5,7H2,1-2H3,(H,11,12). The Morgan fingerprint density at radius 1 is 1.71 bits per heavy atom. The van der Waals surface area contributed by atoms with Gasteiger partial charge in [-0.15, -0.1) is 0 Å². The smallest absolute Gasteiger partial charge is 0.271 e. The van der Waals surface area contributed by atoms with Crippen LogP contribution in [0.25, 0.3) is 0 Å². The second-order valence-electron chi connectivity index (χ2n) is 3.15. The first-order chi connectivity index (χ1) is 6.75. The van der Waals surface area contributed by atoms with Crippen molar-refractivity contribution in [1.29, 1.82) is 0 Å². The highest BCUT2D eigenvalue weighted by Gasteiger charge is 2.11. The molecule has 0 aliphatic rings. The number of nitrogens with one attached hydrogen (secondary N) is 2. The van der Waals surface area contributed by atoms with E-state index in [1.807, 2.05) is 7.05 Å². The average Bonchev–Trinajstić information content (AvgIpc) is 2.69. The number of hydrogen-bond donors (Lipinski definition) is 2. The highest BCUT2D eigenvalue weighted by atomic mass is 16.2. The van der Waals surface area contributed by atoms with Crippen molar-refractivity contribution < 1.29 is 4.79 Å². The van der Waals surface area contributed by atoms with Gasteiger partial charge in [0.05, 0.1) is 0 Å². The third-order valence-corrected chi connectivity index (χ3v) is 2.00. The first kappa shape index (κ1) is 10.7. The lowest BCUT2D eigenvalue weighted by Crippen LogP contribution is -2.29. The van der Waals surface area contributed by atoms with Crippen LogP contribution in [-0.4, -0.2) is 48.2 Å². The van der Waals surface area contributed by atoms with Crippen molar-refractivity contribution in [1.82, 2.24) is 20.4 Å². The predicted octanol–water partition coefficient (Wildman–Crippen LogP) is 0.0912. The Labute approximate surface area is 83.5 Å². The molecule has 14 heavy (non-hydrogen) atoms. The number of nitrogens with zero attached hydrogens (tertiary/aromatic N) is 2. The van der Waals surface area contributed by atoms with Crippen molar-refractivity contribution in [2.24, 2.45) is 0 Å². The van der Waals surface area contributed by atoms with E-state index in [0.717, 1.165) is 19.5 Å². The van der Waals surface area contributed by atoms with E-state index in [9.17, 15) is 4.79 Å². The summed E-state index contributed by atoms with van der Waals surface area (Å²) in [6.07, 6.45) is 2.53. The Morgan fingerprint density at radius 2 is 2.50 bits per heavy atom. The highest BCUT2D eigenvalue weighted by molar-refractivity contribution is 5.91. The number of carbonyl (C=O) groups is 1. The highest BCUT2D eigenvalue weighted by Crippen LogP contribution is 1.98. The maximum Gasteiger partial charge on any atom is 0.271 e. The molecule has 1 aromatic rings. The maximum absolute atomic E-state index is 11.6. The van der Waals surface area contributed by atoms with Gasteiger partial charge in [0.25, 0.3) is 5.91 Å². The molecule has 5 nitrogen and oxygen atoms in total. The van der Waals surface area contributed by atoms with Gasteiger partial charge in [-0.05, 0) is 26.1 Å². The molecule has 2 N–H and O–H groups in total. The first-order valence-corrected chi connectivity index (χ1v) is 4.65. The van der Waals surface area contributed by atoms with Crippen molar-refractivity contribution in [2.75, 3.05) is 27.2 Å². The lowest BCUT2D eigenvalue weighted by atomic mass is 10.3. The van der Waals surface area contributed by atoms with Gasteiger partial charge < -0.3 is 10.2 Å². The van der Waals surface area contributed by atoms with Crippen molar-refractivity contribution in [2.45, 2.75) is 6.42 Å². The molecule has 0 aliphatic heterocycles. The summed E-state index contributed by atoms with van der Waals surface area (Å²) >= 11 is 0. The Balaban J connectivity index is 2.37. The van der Waals surface area contributed by atoms with Crippen molar-refractivity contribution in [3.8, 4) is 0 Å². The molecule has 0 unspecified atom stereocenters. The summed E-state index contributed by atoms with van der Waals surface area (Å²) < 4.78 is 0. The molecule has 0 radical (unpaired) electrons. The summed E-state index contributed by atoms with van der Waals surface area (Å²) in [7, 11) is 3.69. The molecule has 0 saturated heterocycles. The Bertz CT molecular complexity index is 270. The lowest BCUT2D eigenvalue weighted by Gasteiger charge is -2.15. The predicted molar refractivity (Wildman–Crippen MR) is 54.1 cm³/mol. The third-order valence-electron chi connectivity index (χ3n) is 2.00.